The Morgan fingerprint density at radius 1 is 1.06 bits per heavy atom. The lowest BCUT2D eigenvalue weighted by atomic mass is 10.1. The van der Waals surface area contributed by atoms with E-state index in [0.29, 0.717) is 18.7 Å². The number of hydrogen-bond donors (Lipinski definition) is 1. The van der Waals surface area contributed by atoms with Gasteiger partial charge in [-0.2, -0.15) is 0 Å². The molecule has 0 aliphatic carbocycles. The average molecular weight is 439 g/mol. The van der Waals surface area contributed by atoms with Crippen molar-refractivity contribution in [3.63, 3.8) is 0 Å². The number of imidazole rings is 1. The molecule has 0 atom stereocenters. The van der Waals surface area contributed by atoms with Gasteiger partial charge in [0.15, 0.2) is 17.0 Å². The summed E-state index contributed by atoms with van der Waals surface area (Å²) in [5, 5.41) is 8.52. The van der Waals surface area contributed by atoms with Crippen LogP contribution in [0, 0.1) is 5.82 Å². The molecule has 3 heterocycles. The summed E-state index contributed by atoms with van der Waals surface area (Å²) >= 11 is 6.26. The number of rotatable bonds is 4. The zero-order valence-electron chi connectivity index (χ0n) is 16.3. The van der Waals surface area contributed by atoms with Crippen LogP contribution in [0.25, 0.3) is 28.3 Å². The van der Waals surface area contributed by atoms with Gasteiger partial charge in [-0.3, -0.25) is 14.3 Å². The number of halogens is 2. The number of benzene rings is 2. The molecule has 10 heteroatoms. The van der Waals surface area contributed by atoms with Crippen molar-refractivity contribution in [1.29, 1.82) is 0 Å². The van der Waals surface area contributed by atoms with Crippen molar-refractivity contribution in [3.05, 3.63) is 85.8 Å². The molecule has 0 unspecified atom stereocenters. The average Bonchev–Trinajstić information content (AvgIpc) is 3.30. The summed E-state index contributed by atoms with van der Waals surface area (Å²) in [6.07, 6.45) is 0.616. The van der Waals surface area contributed by atoms with Gasteiger partial charge in [-0.05, 0) is 24.1 Å². The fourth-order valence-electron chi connectivity index (χ4n) is 3.81. The Labute approximate surface area is 179 Å². The fraction of sp³-hybridized carbons (Fsp3) is 0.143. The van der Waals surface area contributed by atoms with Gasteiger partial charge in [0, 0.05) is 13.6 Å². The molecule has 156 valence electrons. The van der Waals surface area contributed by atoms with Crippen molar-refractivity contribution < 1.29 is 4.39 Å². The number of aromatic nitrogens is 6. The largest absolute Gasteiger partial charge is 0.329 e. The van der Waals surface area contributed by atoms with Gasteiger partial charge in [-0.25, -0.2) is 13.6 Å². The zero-order valence-corrected chi connectivity index (χ0v) is 17.1. The van der Waals surface area contributed by atoms with Crippen LogP contribution in [0.1, 0.15) is 5.56 Å². The Morgan fingerprint density at radius 3 is 2.58 bits per heavy atom. The van der Waals surface area contributed by atoms with Crippen LogP contribution in [0.4, 0.5) is 4.39 Å². The van der Waals surface area contributed by atoms with Gasteiger partial charge in [0.2, 0.25) is 5.78 Å². The lowest BCUT2D eigenvalue weighted by Crippen LogP contribution is -2.29. The maximum absolute atomic E-state index is 14.7. The van der Waals surface area contributed by atoms with E-state index in [2.05, 4.69) is 15.2 Å². The van der Waals surface area contributed by atoms with Crippen LogP contribution < -0.4 is 11.2 Å². The molecular formula is C21H16ClFN6O2. The van der Waals surface area contributed by atoms with Crippen LogP contribution in [-0.4, -0.2) is 28.7 Å². The van der Waals surface area contributed by atoms with E-state index in [1.54, 1.807) is 10.6 Å². The van der Waals surface area contributed by atoms with E-state index in [-0.39, 0.29) is 27.6 Å². The van der Waals surface area contributed by atoms with Gasteiger partial charge in [-0.15, -0.1) is 10.2 Å². The Kier molecular flexibility index (Phi) is 4.48. The maximum Gasteiger partial charge on any atom is 0.329 e. The summed E-state index contributed by atoms with van der Waals surface area (Å²) in [7, 11) is 1.52. The zero-order chi connectivity index (χ0) is 21.7. The third-order valence-corrected chi connectivity index (χ3v) is 5.61. The molecule has 0 fully saturated rings. The molecule has 0 aliphatic heterocycles. The fourth-order valence-corrected chi connectivity index (χ4v) is 4.06. The predicted molar refractivity (Wildman–Crippen MR) is 115 cm³/mol. The molecule has 2 aromatic carbocycles. The first-order valence-corrected chi connectivity index (χ1v) is 9.90. The van der Waals surface area contributed by atoms with Crippen molar-refractivity contribution in [2.24, 2.45) is 7.05 Å². The molecule has 0 spiro atoms. The first kappa shape index (κ1) is 19.3. The molecule has 31 heavy (non-hydrogen) atoms. The van der Waals surface area contributed by atoms with Gasteiger partial charge in [0.1, 0.15) is 5.82 Å². The van der Waals surface area contributed by atoms with Crippen LogP contribution in [0.2, 0.25) is 5.02 Å². The van der Waals surface area contributed by atoms with E-state index >= 15 is 0 Å². The monoisotopic (exact) mass is 438 g/mol. The number of fused-ring (bicyclic) bond motifs is 3. The van der Waals surface area contributed by atoms with E-state index in [0.717, 1.165) is 5.56 Å². The van der Waals surface area contributed by atoms with Crippen LogP contribution in [-0.2, 0) is 20.0 Å². The minimum atomic E-state index is -0.598. The van der Waals surface area contributed by atoms with Gasteiger partial charge >= 0.3 is 5.69 Å². The number of aryl methyl sites for hydroxylation is 3. The molecule has 0 saturated heterocycles. The summed E-state index contributed by atoms with van der Waals surface area (Å²) < 4.78 is 19.1. The Hall–Kier alpha value is -3.72. The quantitative estimate of drug-likeness (QED) is 0.467. The number of nitrogens with one attached hydrogen (secondary N) is 1. The first-order valence-electron chi connectivity index (χ1n) is 9.52. The Morgan fingerprint density at radius 2 is 1.84 bits per heavy atom. The van der Waals surface area contributed by atoms with Crippen molar-refractivity contribution >= 4 is 28.5 Å². The summed E-state index contributed by atoms with van der Waals surface area (Å²) in [6, 6.07) is 14.1. The molecule has 0 saturated carbocycles. The number of nitrogens with zero attached hydrogens (tertiary/aromatic N) is 5. The van der Waals surface area contributed by atoms with Gasteiger partial charge < -0.3 is 4.57 Å². The van der Waals surface area contributed by atoms with E-state index in [1.165, 1.54) is 28.1 Å². The standard InChI is InChI=1S/C21H16ClFN6O2/c1-27-19-16(18(30)24-21(27)31)28(11-10-12-6-3-2-4-7-12)20-26-25-17(29(19)20)15-13(22)8-5-9-14(15)23/h2-9H,10-11H2,1H3,(H,24,30,31). The third kappa shape index (κ3) is 2.97. The summed E-state index contributed by atoms with van der Waals surface area (Å²) in [6.45, 7) is 0.404. The highest BCUT2D eigenvalue weighted by Gasteiger charge is 2.25. The van der Waals surface area contributed by atoms with Crippen LogP contribution in [0.5, 0.6) is 0 Å². The summed E-state index contributed by atoms with van der Waals surface area (Å²) in [4.78, 5) is 27.4. The number of H-pyrrole nitrogens is 1. The highest BCUT2D eigenvalue weighted by molar-refractivity contribution is 6.33. The lowest BCUT2D eigenvalue weighted by molar-refractivity contribution is 0.630. The van der Waals surface area contributed by atoms with Crippen LogP contribution >= 0.6 is 11.6 Å². The molecular weight excluding hydrogens is 423 g/mol. The summed E-state index contributed by atoms with van der Waals surface area (Å²) in [5.41, 5.74) is 0.473. The Balaban J connectivity index is 1.83. The number of hydrogen-bond acceptors (Lipinski definition) is 4. The smallest absolute Gasteiger partial charge is 0.302 e. The topological polar surface area (TPSA) is 90.0 Å². The second kappa shape index (κ2) is 7.21. The highest BCUT2D eigenvalue weighted by atomic mass is 35.5. The van der Waals surface area contributed by atoms with E-state index in [4.69, 9.17) is 11.6 Å². The van der Waals surface area contributed by atoms with E-state index in [9.17, 15) is 14.0 Å². The third-order valence-electron chi connectivity index (χ3n) is 5.29. The predicted octanol–water partition coefficient (Wildman–Crippen LogP) is 2.77. The lowest BCUT2D eigenvalue weighted by Gasteiger charge is -2.06. The second-order valence-electron chi connectivity index (χ2n) is 7.13. The van der Waals surface area contributed by atoms with Crippen molar-refractivity contribution in [1.82, 2.24) is 28.7 Å². The molecule has 1 N–H and O–H groups in total. The first-order chi connectivity index (χ1) is 15.0. The molecule has 5 rings (SSSR count). The molecule has 0 aliphatic rings. The molecule has 0 amide bonds. The van der Waals surface area contributed by atoms with E-state index in [1.807, 2.05) is 30.3 Å². The molecule has 5 aromatic rings. The molecule has 0 radical (unpaired) electrons. The van der Waals surface area contributed by atoms with Crippen LogP contribution in [0.3, 0.4) is 0 Å². The number of aromatic amines is 1. The highest BCUT2D eigenvalue weighted by Crippen LogP contribution is 2.31. The van der Waals surface area contributed by atoms with Crippen molar-refractivity contribution in [2.75, 3.05) is 0 Å². The van der Waals surface area contributed by atoms with Crippen molar-refractivity contribution in [2.45, 2.75) is 13.0 Å². The van der Waals surface area contributed by atoms with Gasteiger partial charge in [-0.1, -0.05) is 48.0 Å². The van der Waals surface area contributed by atoms with Crippen LogP contribution in [0.15, 0.2) is 58.1 Å². The van der Waals surface area contributed by atoms with Gasteiger partial charge in [0.05, 0.1) is 10.6 Å². The van der Waals surface area contributed by atoms with E-state index < -0.39 is 17.1 Å². The Bertz CT molecular complexity index is 1540. The second-order valence-corrected chi connectivity index (χ2v) is 7.54. The van der Waals surface area contributed by atoms with Gasteiger partial charge in [0.25, 0.3) is 5.56 Å². The van der Waals surface area contributed by atoms with Crippen molar-refractivity contribution in [3.8, 4) is 11.4 Å². The molecule has 0 bridgehead atoms. The minimum absolute atomic E-state index is 0.0477. The molecule has 3 aromatic heterocycles. The normalized spacial score (nSPS) is 11.6. The minimum Gasteiger partial charge on any atom is -0.302 e. The molecule has 8 nitrogen and oxygen atoms in total. The SMILES string of the molecule is Cn1c(=O)[nH]c(=O)c2c1n1c(-c3c(F)cccc3Cl)nnc1n2CCc1ccccc1. The maximum atomic E-state index is 14.7. The summed E-state index contributed by atoms with van der Waals surface area (Å²) in [5.74, 6) is -0.157.